The summed E-state index contributed by atoms with van der Waals surface area (Å²) in [5.74, 6) is 0.0537. The van der Waals surface area contributed by atoms with Gasteiger partial charge in [-0.05, 0) is 44.8 Å². The summed E-state index contributed by atoms with van der Waals surface area (Å²) in [5.41, 5.74) is 4.63. The second kappa shape index (κ2) is 10.1. The molecule has 1 aromatic rings. The van der Waals surface area contributed by atoms with Crippen LogP contribution in [0.3, 0.4) is 0 Å². The Kier molecular flexibility index (Phi) is 9.20. The molecule has 2 heterocycles. The van der Waals surface area contributed by atoms with Gasteiger partial charge in [-0.15, -0.1) is 0 Å². The van der Waals surface area contributed by atoms with Crippen molar-refractivity contribution in [2.75, 3.05) is 12.3 Å². The van der Waals surface area contributed by atoms with Crippen molar-refractivity contribution in [1.82, 2.24) is 9.55 Å². The highest BCUT2D eigenvalue weighted by atomic mass is 32.1. The summed E-state index contributed by atoms with van der Waals surface area (Å²) in [6.07, 6.45) is -3.27. The molecule has 0 radical (unpaired) electrons. The average Bonchev–Trinajstić information content (AvgIpc) is 2.90. The first-order valence-corrected chi connectivity index (χ1v) is 8.85. The van der Waals surface area contributed by atoms with Gasteiger partial charge in [-0.2, -0.15) is 4.98 Å². The van der Waals surface area contributed by atoms with Gasteiger partial charge in [-0.25, -0.2) is 21.3 Å². The monoisotopic (exact) mass is 437 g/mol. The lowest BCUT2D eigenvalue weighted by Gasteiger charge is -2.16. The maximum Gasteiger partial charge on any atom is 0.507 e. The number of aliphatic hydroxyl groups is 3. The fourth-order valence-corrected chi connectivity index (χ4v) is 2.94. The number of hydrogen-bond donors (Lipinski definition) is 7. The molecule has 5 N–H and O–H groups in total. The van der Waals surface area contributed by atoms with E-state index < -0.39 is 44.7 Å². The van der Waals surface area contributed by atoms with Gasteiger partial charge in [-0.1, -0.05) is 0 Å². The Hall–Kier alpha value is -0.320. The molecule has 0 amide bonds. The topological polar surface area (TPSA) is 176 Å². The standard InChI is InChI=1S/C9H13N3O5.H3O4PS3/c10-5-1-2-12(9(16)11-5)8-7(15)6(14)4(3-13)17-8;1-5(2-6,3-7)4-8/h1-2,4,6-8,13-15H,3H2,(H2,10,11,16);6-8H/t4-,6-,7-,8?;/m1./s1. The van der Waals surface area contributed by atoms with E-state index in [0.29, 0.717) is 0 Å². The number of aliphatic hydroxyl groups excluding tert-OH is 3. The molecule has 144 valence electrons. The number of phosphoric acid groups is 1. The maximum absolute atomic E-state index is 11.5. The fourth-order valence-electron chi connectivity index (χ4n) is 1.77. The van der Waals surface area contributed by atoms with Crippen LogP contribution >= 0.6 is 46.6 Å². The molecule has 2 rings (SSSR count). The predicted molar refractivity (Wildman–Crippen MR) is 93.7 cm³/mol. The van der Waals surface area contributed by atoms with E-state index in [1.165, 1.54) is 12.3 Å². The lowest BCUT2D eigenvalue weighted by Crippen LogP contribution is -2.36. The van der Waals surface area contributed by atoms with Gasteiger partial charge in [0.25, 0.3) is 0 Å². The molecule has 1 fully saturated rings. The Morgan fingerprint density at radius 2 is 1.84 bits per heavy atom. The minimum atomic E-state index is -3.57. The third-order valence-corrected chi connectivity index (χ3v) is 5.34. The zero-order valence-corrected chi connectivity index (χ0v) is 15.8. The van der Waals surface area contributed by atoms with E-state index in [-0.39, 0.29) is 5.82 Å². The number of rotatable bonds is 5. The minimum Gasteiger partial charge on any atom is -0.394 e. The van der Waals surface area contributed by atoms with E-state index in [1.54, 1.807) is 0 Å². The molecule has 1 saturated heterocycles. The number of aromatic nitrogens is 2. The average molecular weight is 437 g/mol. The number of nitrogens with zero attached hydrogens (tertiary/aromatic N) is 2. The van der Waals surface area contributed by atoms with Crippen molar-refractivity contribution in [1.29, 1.82) is 0 Å². The Balaban J connectivity index is 0.000000333. The summed E-state index contributed by atoms with van der Waals surface area (Å²) in [4.78, 5) is 15.0. The SMILES string of the molecule is Nc1ccn(C2O[C@H](CO)[C@@H](O)[C@H]2O)c(=O)n1.O=P(OS)(OS)OS. The number of ether oxygens (including phenoxy) is 1. The molecule has 25 heavy (non-hydrogen) atoms. The summed E-state index contributed by atoms with van der Waals surface area (Å²) in [7, 11) is -3.57. The molecule has 1 aliphatic heterocycles. The van der Waals surface area contributed by atoms with E-state index in [4.69, 9.17) is 15.6 Å². The first-order chi connectivity index (χ1) is 11.7. The lowest BCUT2D eigenvalue weighted by atomic mass is 10.1. The first-order valence-electron chi connectivity index (χ1n) is 6.29. The van der Waals surface area contributed by atoms with Crippen LogP contribution in [0.2, 0.25) is 0 Å². The first kappa shape index (κ1) is 22.7. The van der Waals surface area contributed by atoms with E-state index in [9.17, 15) is 19.6 Å². The van der Waals surface area contributed by atoms with Crippen molar-refractivity contribution in [3.8, 4) is 0 Å². The van der Waals surface area contributed by atoms with E-state index in [2.05, 4.69) is 55.6 Å². The molecule has 1 aliphatic rings. The van der Waals surface area contributed by atoms with Crippen LogP contribution in [0.25, 0.3) is 0 Å². The molecule has 1 unspecified atom stereocenters. The highest BCUT2D eigenvalue weighted by Crippen LogP contribution is 2.52. The number of anilines is 1. The van der Waals surface area contributed by atoms with Crippen LogP contribution in [-0.4, -0.2) is 49.8 Å². The van der Waals surface area contributed by atoms with Crippen molar-refractivity contribution in [2.45, 2.75) is 24.5 Å². The van der Waals surface area contributed by atoms with Crippen LogP contribution in [0.15, 0.2) is 17.1 Å². The summed E-state index contributed by atoms with van der Waals surface area (Å²) >= 11 is 9.45. The largest absolute Gasteiger partial charge is 0.507 e. The third kappa shape index (κ3) is 5.83. The van der Waals surface area contributed by atoms with Crippen molar-refractivity contribution in [2.24, 2.45) is 0 Å². The molecule has 4 atom stereocenters. The lowest BCUT2D eigenvalue weighted by molar-refractivity contribution is -0.0549. The summed E-state index contributed by atoms with van der Waals surface area (Å²) in [5, 5.41) is 28.2. The summed E-state index contributed by atoms with van der Waals surface area (Å²) in [6, 6.07) is 1.37. The van der Waals surface area contributed by atoms with Crippen molar-refractivity contribution >= 4 is 52.4 Å². The van der Waals surface area contributed by atoms with Crippen molar-refractivity contribution in [3.63, 3.8) is 0 Å². The Bertz CT molecular complexity index is 646. The molecule has 1 aromatic heterocycles. The van der Waals surface area contributed by atoms with Crippen LogP contribution in [0, 0.1) is 0 Å². The zero-order chi connectivity index (χ0) is 19.2. The van der Waals surface area contributed by atoms with Crippen LogP contribution in [0.1, 0.15) is 6.23 Å². The molecule has 0 saturated carbocycles. The van der Waals surface area contributed by atoms with Gasteiger partial charge in [-0.3, -0.25) is 4.57 Å². The van der Waals surface area contributed by atoms with Crippen LogP contribution in [0.5, 0.6) is 0 Å². The van der Waals surface area contributed by atoms with Crippen LogP contribution < -0.4 is 11.4 Å². The van der Waals surface area contributed by atoms with Crippen molar-refractivity contribution < 1.29 is 36.5 Å². The maximum atomic E-state index is 11.5. The van der Waals surface area contributed by atoms with Gasteiger partial charge in [0.05, 0.1) is 6.61 Å². The normalized spacial score (nSPS) is 26.2. The van der Waals surface area contributed by atoms with E-state index >= 15 is 0 Å². The van der Waals surface area contributed by atoms with Gasteiger partial charge in [0.2, 0.25) is 0 Å². The number of hydrogen-bond acceptors (Lipinski definition) is 14. The van der Waals surface area contributed by atoms with Gasteiger partial charge in [0, 0.05) is 6.20 Å². The number of nitrogen functional groups attached to an aromatic ring is 1. The molecule has 0 spiro atoms. The molecule has 0 aromatic carbocycles. The quantitative estimate of drug-likeness (QED) is 0.173. The highest BCUT2D eigenvalue weighted by Gasteiger charge is 2.43. The number of nitrogens with two attached hydrogens (primary N) is 1. The van der Waals surface area contributed by atoms with Gasteiger partial charge >= 0.3 is 13.5 Å². The Morgan fingerprint density at radius 1 is 1.28 bits per heavy atom. The molecular formula is C9H16N3O9PS3. The van der Waals surface area contributed by atoms with E-state index in [1.807, 2.05) is 0 Å². The zero-order valence-electron chi connectivity index (χ0n) is 12.2. The molecule has 0 aliphatic carbocycles. The Morgan fingerprint density at radius 3 is 2.20 bits per heavy atom. The van der Waals surface area contributed by atoms with Crippen molar-refractivity contribution in [3.05, 3.63) is 22.7 Å². The smallest absolute Gasteiger partial charge is 0.394 e. The third-order valence-electron chi connectivity index (χ3n) is 2.94. The Labute approximate surface area is 158 Å². The molecule has 0 bridgehead atoms. The van der Waals surface area contributed by atoms with Gasteiger partial charge in [0.1, 0.15) is 24.1 Å². The summed E-state index contributed by atoms with van der Waals surface area (Å²) in [6.45, 7) is -0.453. The number of thiol groups is 3. The second-order valence-corrected chi connectivity index (χ2v) is 7.32. The molecule has 16 heteroatoms. The predicted octanol–water partition coefficient (Wildman–Crippen LogP) is -0.884. The molecular weight excluding hydrogens is 421 g/mol. The van der Waals surface area contributed by atoms with Crippen LogP contribution in [0.4, 0.5) is 5.82 Å². The minimum absolute atomic E-state index is 0.0537. The van der Waals surface area contributed by atoms with Gasteiger partial charge in [0.15, 0.2) is 6.23 Å². The highest BCUT2D eigenvalue weighted by molar-refractivity contribution is 7.89. The summed E-state index contributed by atoms with van der Waals surface area (Å²) < 4.78 is 28.3. The molecule has 12 nitrogen and oxygen atoms in total. The second-order valence-electron chi connectivity index (χ2n) is 4.46. The van der Waals surface area contributed by atoms with E-state index in [0.717, 1.165) is 4.57 Å². The van der Waals surface area contributed by atoms with Gasteiger partial charge < -0.3 is 25.8 Å². The fraction of sp³-hybridized carbons (Fsp3) is 0.556. The van der Waals surface area contributed by atoms with Crippen LogP contribution in [-0.2, 0) is 21.2 Å².